The Bertz CT molecular complexity index is 380. The lowest BCUT2D eigenvalue weighted by atomic mass is 9.81. The van der Waals surface area contributed by atoms with Crippen molar-refractivity contribution in [2.45, 2.75) is 58.7 Å². The van der Waals surface area contributed by atoms with Crippen molar-refractivity contribution in [3.05, 3.63) is 35.9 Å². The predicted octanol–water partition coefficient (Wildman–Crippen LogP) is 4.75. The molecule has 2 heteroatoms. The number of hydrogen-bond acceptors (Lipinski definition) is 2. The van der Waals surface area contributed by atoms with Crippen LogP contribution in [0.4, 0.5) is 0 Å². The van der Waals surface area contributed by atoms with Crippen LogP contribution in [0.2, 0.25) is 0 Å². The van der Waals surface area contributed by atoms with Crippen molar-refractivity contribution in [1.82, 2.24) is 0 Å². The van der Waals surface area contributed by atoms with Crippen molar-refractivity contribution in [2.75, 3.05) is 13.2 Å². The zero-order valence-corrected chi connectivity index (χ0v) is 13.1. The van der Waals surface area contributed by atoms with Gasteiger partial charge in [-0.25, -0.2) is 0 Å². The van der Waals surface area contributed by atoms with Crippen LogP contribution >= 0.6 is 0 Å². The van der Waals surface area contributed by atoms with E-state index in [-0.39, 0.29) is 17.6 Å². The summed E-state index contributed by atoms with van der Waals surface area (Å²) in [5, 5.41) is 0. The maximum atomic E-state index is 6.08. The molecule has 0 aromatic heterocycles. The fourth-order valence-corrected chi connectivity index (χ4v) is 2.89. The van der Waals surface area contributed by atoms with E-state index < -0.39 is 0 Å². The summed E-state index contributed by atoms with van der Waals surface area (Å²) in [5.74, 6) is 0.289. The quantitative estimate of drug-likeness (QED) is 0.746. The van der Waals surface area contributed by atoms with E-state index >= 15 is 0 Å². The molecule has 1 aliphatic heterocycles. The Morgan fingerprint density at radius 3 is 2.35 bits per heavy atom. The lowest BCUT2D eigenvalue weighted by molar-refractivity contribution is -0.239. The minimum absolute atomic E-state index is 0.0984. The van der Waals surface area contributed by atoms with E-state index in [1.807, 2.05) is 6.07 Å². The van der Waals surface area contributed by atoms with Gasteiger partial charge in [0.2, 0.25) is 0 Å². The van der Waals surface area contributed by atoms with Crippen molar-refractivity contribution in [1.29, 1.82) is 0 Å². The molecule has 0 aliphatic carbocycles. The normalized spacial score (nSPS) is 28.2. The van der Waals surface area contributed by atoms with E-state index in [1.165, 1.54) is 24.8 Å². The molecule has 1 aliphatic rings. The third-order valence-corrected chi connectivity index (χ3v) is 4.65. The van der Waals surface area contributed by atoms with E-state index in [4.69, 9.17) is 9.47 Å². The zero-order chi connectivity index (χ0) is 14.4. The van der Waals surface area contributed by atoms with Crippen LogP contribution in [0.25, 0.3) is 0 Å². The summed E-state index contributed by atoms with van der Waals surface area (Å²) < 4.78 is 12.2. The van der Waals surface area contributed by atoms with Gasteiger partial charge in [0.25, 0.3) is 0 Å². The molecule has 1 aromatic rings. The monoisotopic (exact) mass is 276 g/mol. The van der Waals surface area contributed by atoms with E-state index in [2.05, 4.69) is 45.0 Å². The first-order valence-corrected chi connectivity index (χ1v) is 7.99. The van der Waals surface area contributed by atoms with Crippen molar-refractivity contribution in [3.63, 3.8) is 0 Å². The summed E-state index contributed by atoms with van der Waals surface area (Å²) in [4.78, 5) is 0. The topological polar surface area (TPSA) is 18.5 Å². The van der Waals surface area contributed by atoms with Crippen LogP contribution in [0, 0.1) is 5.41 Å². The van der Waals surface area contributed by atoms with E-state index in [0.717, 1.165) is 19.6 Å². The minimum Gasteiger partial charge on any atom is -0.351 e. The molecule has 112 valence electrons. The first kappa shape index (κ1) is 15.5. The summed E-state index contributed by atoms with van der Waals surface area (Å²) in [6.45, 7) is 8.36. The smallest absolute Gasteiger partial charge is 0.164 e. The summed E-state index contributed by atoms with van der Waals surface area (Å²) in [5.41, 5.74) is 1.53. The van der Waals surface area contributed by atoms with Crippen molar-refractivity contribution < 1.29 is 9.47 Å². The Hall–Kier alpha value is -0.860. The van der Waals surface area contributed by atoms with Crippen molar-refractivity contribution >= 4 is 0 Å². The molecule has 0 amide bonds. The van der Waals surface area contributed by atoms with Crippen molar-refractivity contribution in [3.8, 4) is 0 Å². The number of unbranched alkanes of at least 4 members (excludes halogenated alkanes) is 1. The molecular formula is C18H28O2. The Kier molecular flexibility index (Phi) is 5.62. The molecule has 0 unspecified atom stereocenters. The number of benzene rings is 1. The average Bonchev–Trinajstić information content (AvgIpc) is 2.53. The summed E-state index contributed by atoms with van der Waals surface area (Å²) in [7, 11) is 0. The zero-order valence-electron chi connectivity index (χ0n) is 13.1. The molecule has 0 spiro atoms. The van der Waals surface area contributed by atoms with Crippen LogP contribution < -0.4 is 0 Å². The van der Waals surface area contributed by atoms with Gasteiger partial charge in [0, 0.05) is 11.3 Å². The second-order valence-electron chi connectivity index (χ2n) is 6.15. The van der Waals surface area contributed by atoms with E-state index in [0.29, 0.717) is 0 Å². The van der Waals surface area contributed by atoms with Gasteiger partial charge in [-0.2, -0.15) is 0 Å². The molecule has 2 nitrogen and oxygen atoms in total. The predicted molar refractivity (Wildman–Crippen MR) is 82.8 cm³/mol. The lowest BCUT2D eigenvalue weighted by Crippen LogP contribution is -2.43. The molecule has 1 heterocycles. The van der Waals surface area contributed by atoms with Gasteiger partial charge in [-0.1, -0.05) is 63.9 Å². The highest BCUT2D eigenvalue weighted by Crippen LogP contribution is 2.36. The Morgan fingerprint density at radius 2 is 1.80 bits per heavy atom. The van der Waals surface area contributed by atoms with Crippen LogP contribution in [0.5, 0.6) is 0 Å². The maximum absolute atomic E-state index is 6.08. The second-order valence-corrected chi connectivity index (χ2v) is 6.15. The van der Waals surface area contributed by atoms with Gasteiger partial charge in [0.05, 0.1) is 13.2 Å². The summed E-state index contributed by atoms with van der Waals surface area (Å²) in [6.07, 6.45) is 4.76. The van der Waals surface area contributed by atoms with Gasteiger partial charge in [-0.05, 0) is 18.4 Å². The first-order chi connectivity index (χ1) is 9.71. The highest BCUT2D eigenvalue weighted by Gasteiger charge is 2.36. The molecular weight excluding hydrogens is 248 g/mol. The minimum atomic E-state index is -0.0984. The Morgan fingerprint density at radius 1 is 1.15 bits per heavy atom. The van der Waals surface area contributed by atoms with Crippen LogP contribution in [0.1, 0.15) is 57.9 Å². The molecule has 1 fully saturated rings. The molecule has 0 radical (unpaired) electrons. The molecule has 1 saturated heterocycles. The van der Waals surface area contributed by atoms with Crippen LogP contribution in [-0.2, 0) is 9.47 Å². The highest BCUT2D eigenvalue weighted by atomic mass is 16.7. The van der Waals surface area contributed by atoms with E-state index in [1.54, 1.807) is 0 Å². The first-order valence-electron chi connectivity index (χ1n) is 7.99. The molecule has 2 rings (SSSR count). The standard InChI is InChI=1S/C18H28O2/c1-4-6-12-18(5-2)13-19-17(20-14-18)15(3)16-10-8-7-9-11-16/h7-11,15,17H,4-6,12-14H2,1-3H3/t15-,17?,18?/m1/s1. The Balaban J connectivity index is 1.93. The highest BCUT2D eigenvalue weighted by molar-refractivity contribution is 5.19. The molecule has 20 heavy (non-hydrogen) atoms. The number of hydrogen-bond donors (Lipinski definition) is 0. The second kappa shape index (κ2) is 7.24. The third-order valence-electron chi connectivity index (χ3n) is 4.65. The van der Waals surface area contributed by atoms with Crippen LogP contribution in [0.3, 0.4) is 0 Å². The Labute approximate surface area is 123 Å². The number of ether oxygens (including phenoxy) is 2. The van der Waals surface area contributed by atoms with E-state index in [9.17, 15) is 0 Å². The van der Waals surface area contributed by atoms with Crippen LogP contribution in [0.15, 0.2) is 30.3 Å². The fourth-order valence-electron chi connectivity index (χ4n) is 2.89. The summed E-state index contributed by atoms with van der Waals surface area (Å²) >= 11 is 0. The summed E-state index contributed by atoms with van der Waals surface area (Å²) in [6, 6.07) is 10.5. The largest absolute Gasteiger partial charge is 0.351 e. The maximum Gasteiger partial charge on any atom is 0.164 e. The SMILES string of the molecule is CCCCC1(CC)COC([C@H](C)c2ccccc2)OC1. The molecule has 0 bridgehead atoms. The van der Waals surface area contributed by atoms with Gasteiger partial charge in [-0.15, -0.1) is 0 Å². The fraction of sp³-hybridized carbons (Fsp3) is 0.667. The lowest BCUT2D eigenvalue weighted by Gasteiger charge is -2.41. The molecule has 1 aromatic carbocycles. The molecule has 0 N–H and O–H groups in total. The van der Waals surface area contributed by atoms with Gasteiger partial charge in [0.1, 0.15) is 0 Å². The molecule has 1 atom stereocenters. The van der Waals surface area contributed by atoms with Crippen LogP contribution in [-0.4, -0.2) is 19.5 Å². The average molecular weight is 276 g/mol. The molecule has 0 saturated carbocycles. The third kappa shape index (κ3) is 3.62. The van der Waals surface area contributed by atoms with Gasteiger partial charge < -0.3 is 9.47 Å². The van der Waals surface area contributed by atoms with Crippen molar-refractivity contribution in [2.24, 2.45) is 5.41 Å². The van der Waals surface area contributed by atoms with Gasteiger partial charge in [-0.3, -0.25) is 0 Å². The van der Waals surface area contributed by atoms with Gasteiger partial charge >= 0.3 is 0 Å². The number of rotatable bonds is 6. The van der Waals surface area contributed by atoms with Gasteiger partial charge in [0.15, 0.2) is 6.29 Å².